The van der Waals surface area contributed by atoms with E-state index in [9.17, 15) is 14.7 Å². The molecule has 0 bridgehead atoms. The highest BCUT2D eigenvalue weighted by Crippen LogP contribution is 2.46. The van der Waals surface area contributed by atoms with Crippen LogP contribution in [0.4, 0.5) is 0 Å². The molecule has 0 aromatic heterocycles. The third kappa shape index (κ3) is 1.98. The van der Waals surface area contributed by atoms with E-state index in [-0.39, 0.29) is 23.7 Å². The quantitative estimate of drug-likeness (QED) is 0.692. The lowest BCUT2D eigenvalue weighted by Gasteiger charge is -2.44. The lowest BCUT2D eigenvalue weighted by atomic mass is 9.83. The molecule has 0 saturated carbocycles. The summed E-state index contributed by atoms with van der Waals surface area (Å²) in [7, 11) is 0. The van der Waals surface area contributed by atoms with Gasteiger partial charge in [0.1, 0.15) is 0 Å². The number of nitrogens with two attached hydrogens (primary N) is 1. The average Bonchev–Trinajstić information content (AvgIpc) is 2.60. The second-order valence-electron chi connectivity index (χ2n) is 4.71. The molecule has 0 spiro atoms. The first-order valence-electron chi connectivity index (χ1n) is 6.07. The Balaban J connectivity index is 2.21. The number of carbonyl (C=O) groups is 2. The van der Waals surface area contributed by atoms with E-state index in [1.54, 1.807) is 23.6 Å². The molecule has 2 rings (SSSR count). The van der Waals surface area contributed by atoms with E-state index in [0.717, 1.165) is 10.7 Å². The Morgan fingerprint density at radius 2 is 2.33 bits per heavy atom. The largest absolute Gasteiger partial charge is 0.393 e. The van der Waals surface area contributed by atoms with Crippen molar-refractivity contribution in [3.8, 4) is 0 Å². The van der Waals surface area contributed by atoms with Crippen LogP contribution in [0.3, 0.4) is 0 Å². The Labute approximate surface area is 110 Å². The number of Topliss-reactive ketones (excluding diaryl/α,β-unsaturated/α-hetero) is 1. The minimum atomic E-state index is -0.661. The number of aliphatic hydroxyl groups is 1. The summed E-state index contributed by atoms with van der Waals surface area (Å²) in [5.74, 6) is 0.147. The zero-order valence-corrected chi connectivity index (χ0v) is 11.4. The number of nitrogens with zero attached hydrogens (tertiary/aromatic N) is 1. The van der Waals surface area contributed by atoms with Gasteiger partial charge in [-0.25, -0.2) is 0 Å². The van der Waals surface area contributed by atoms with Crippen molar-refractivity contribution in [3.05, 3.63) is 10.6 Å². The van der Waals surface area contributed by atoms with Crippen LogP contribution >= 0.6 is 11.8 Å². The van der Waals surface area contributed by atoms with Gasteiger partial charge in [-0.1, -0.05) is 0 Å². The molecule has 3 atom stereocenters. The number of thioether (sulfide) groups is 1. The Kier molecular flexibility index (Phi) is 3.79. The molecule has 1 fully saturated rings. The van der Waals surface area contributed by atoms with Gasteiger partial charge in [0.2, 0.25) is 5.91 Å². The SMILES string of the molecule is CC(=O)C1=C(SCCN)CC2[C@@H](C(C)O)C(=O)N12. The molecule has 0 aromatic rings. The molecule has 100 valence electrons. The zero-order valence-electron chi connectivity index (χ0n) is 10.5. The van der Waals surface area contributed by atoms with E-state index in [2.05, 4.69) is 0 Å². The van der Waals surface area contributed by atoms with Crippen LogP contribution in [0.5, 0.6) is 0 Å². The van der Waals surface area contributed by atoms with Crippen LogP contribution in [0.15, 0.2) is 10.6 Å². The van der Waals surface area contributed by atoms with Gasteiger partial charge in [-0.05, 0) is 6.92 Å². The predicted octanol–water partition coefficient (Wildman–Crippen LogP) is 0.0904. The van der Waals surface area contributed by atoms with Crippen molar-refractivity contribution in [2.24, 2.45) is 11.7 Å². The summed E-state index contributed by atoms with van der Waals surface area (Å²) in [4.78, 5) is 26.1. The van der Waals surface area contributed by atoms with Gasteiger partial charge in [0, 0.05) is 30.5 Å². The van der Waals surface area contributed by atoms with E-state index in [0.29, 0.717) is 18.7 Å². The van der Waals surface area contributed by atoms with Crippen LogP contribution in [0, 0.1) is 5.92 Å². The Morgan fingerprint density at radius 3 is 2.83 bits per heavy atom. The molecule has 2 aliphatic rings. The van der Waals surface area contributed by atoms with Gasteiger partial charge < -0.3 is 15.7 Å². The van der Waals surface area contributed by atoms with Crippen LogP contribution in [0.2, 0.25) is 0 Å². The van der Waals surface area contributed by atoms with Gasteiger partial charge in [-0.2, -0.15) is 0 Å². The second-order valence-corrected chi connectivity index (χ2v) is 5.90. The van der Waals surface area contributed by atoms with Crippen LogP contribution < -0.4 is 5.73 Å². The highest BCUT2D eigenvalue weighted by Gasteiger charge is 2.55. The summed E-state index contributed by atoms with van der Waals surface area (Å²) in [6, 6.07) is -0.0447. The van der Waals surface area contributed by atoms with E-state index in [4.69, 9.17) is 5.73 Å². The van der Waals surface area contributed by atoms with E-state index >= 15 is 0 Å². The van der Waals surface area contributed by atoms with Crippen LogP contribution in [0.1, 0.15) is 20.3 Å². The molecule has 3 N–H and O–H groups in total. The summed E-state index contributed by atoms with van der Waals surface area (Å²) in [5.41, 5.74) is 5.98. The summed E-state index contributed by atoms with van der Waals surface area (Å²) < 4.78 is 0. The van der Waals surface area contributed by atoms with Crippen LogP contribution in [-0.2, 0) is 9.59 Å². The minimum absolute atomic E-state index is 0.0447. The highest BCUT2D eigenvalue weighted by molar-refractivity contribution is 8.03. The molecule has 6 heteroatoms. The van der Waals surface area contributed by atoms with Crippen molar-refractivity contribution in [1.82, 2.24) is 4.90 Å². The number of rotatable bonds is 5. The van der Waals surface area contributed by atoms with Crippen molar-refractivity contribution in [3.63, 3.8) is 0 Å². The number of fused-ring (bicyclic) bond motifs is 1. The summed E-state index contributed by atoms with van der Waals surface area (Å²) in [6.07, 6.45) is 0.00627. The first kappa shape index (κ1) is 13.6. The molecule has 0 radical (unpaired) electrons. The van der Waals surface area contributed by atoms with Crippen molar-refractivity contribution >= 4 is 23.5 Å². The molecule has 1 saturated heterocycles. The first-order valence-corrected chi connectivity index (χ1v) is 7.05. The monoisotopic (exact) mass is 270 g/mol. The molecule has 0 aromatic carbocycles. The molecule has 0 aliphatic carbocycles. The van der Waals surface area contributed by atoms with Gasteiger partial charge in [0.05, 0.1) is 23.8 Å². The third-order valence-electron chi connectivity index (χ3n) is 3.42. The Hall–Kier alpha value is -0.850. The molecule has 18 heavy (non-hydrogen) atoms. The average molecular weight is 270 g/mol. The van der Waals surface area contributed by atoms with Crippen molar-refractivity contribution in [2.45, 2.75) is 32.4 Å². The number of β-lactam (4-membered cyclic amide) rings is 1. The summed E-state index contributed by atoms with van der Waals surface area (Å²) in [6.45, 7) is 3.64. The fourth-order valence-corrected chi connectivity index (χ4v) is 3.72. The maximum Gasteiger partial charge on any atom is 0.235 e. The number of hydrogen-bond acceptors (Lipinski definition) is 5. The molecule has 1 amide bonds. The van der Waals surface area contributed by atoms with Crippen LogP contribution in [-0.4, -0.2) is 46.1 Å². The number of amides is 1. The lowest BCUT2D eigenvalue weighted by molar-refractivity contribution is -0.158. The number of carbonyl (C=O) groups excluding carboxylic acids is 2. The molecule has 2 unspecified atom stereocenters. The maximum atomic E-state index is 12.0. The molecule has 5 nitrogen and oxygen atoms in total. The Morgan fingerprint density at radius 1 is 1.67 bits per heavy atom. The smallest absolute Gasteiger partial charge is 0.235 e. The lowest BCUT2D eigenvalue weighted by Crippen LogP contribution is -2.61. The topological polar surface area (TPSA) is 83.6 Å². The first-order chi connectivity index (χ1) is 8.49. The van der Waals surface area contributed by atoms with Crippen LogP contribution in [0.25, 0.3) is 0 Å². The van der Waals surface area contributed by atoms with Crippen molar-refractivity contribution < 1.29 is 14.7 Å². The van der Waals surface area contributed by atoms with Gasteiger partial charge >= 0.3 is 0 Å². The number of hydrogen-bond donors (Lipinski definition) is 2. The third-order valence-corrected chi connectivity index (χ3v) is 4.56. The standard InChI is InChI=1S/C12H18N2O3S/c1-6(15)10-8-5-9(18-4-3-13)11(7(2)16)14(8)12(10)17/h6,8,10,15H,3-5,13H2,1-2H3/t6?,8?,10-/m1/s1. The molecule has 2 aliphatic heterocycles. The fourth-order valence-electron chi connectivity index (χ4n) is 2.69. The summed E-state index contributed by atoms with van der Waals surface area (Å²) in [5, 5.41) is 9.60. The minimum Gasteiger partial charge on any atom is -0.393 e. The Bertz CT molecular complexity index is 420. The maximum absolute atomic E-state index is 12.0. The van der Waals surface area contributed by atoms with Gasteiger partial charge in [0.25, 0.3) is 0 Å². The van der Waals surface area contributed by atoms with Gasteiger partial charge in [0.15, 0.2) is 5.78 Å². The van der Waals surface area contributed by atoms with Gasteiger partial charge in [-0.3, -0.25) is 9.59 Å². The van der Waals surface area contributed by atoms with E-state index in [1.165, 1.54) is 6.92 Å². The van der Waals surface area contributed by atoms with E-state index < -0.39 is 6.10 Å². The molecular weight excluding hydrogens is 252 g/mol. The van der Waals surface area contributed by atoms with Gasteiger partial charge in [-0.15, -0.1) is 11.8 Å². The van der Waals surface area contributed by atoms with Crippen molar-refractivity contribution in [1.29, 1.82) is 0 Å². The number of allylic oxidation sites excluding steroid dienone is 1. The number of aliphatic hydroxyl groups excluding tert-OH is 1. The zero-order chi connectivity index (χ0) is 13.4. The van der Waals surface area contributed by atoms with E-state index in [1.807, 2.05) is 0 Å². The highest BCUT2D eigenvalue weighted by atomic mass is 32.2. The normalized spacial score (nSPS) is 28.2. The molecule has 2 heterocycles. The number of ketones is 1. The van der Waals surface area contributed by atoms with Crippen molar-refractivity contribution in [2.75, 3.05) is 12.3 Å². The molecular formula is C12H18N2O3S. The predicted molar refractivity (Wildman–Crippen MR) is 69.6 cm³/mol. The second kappa shape index (κ2) is 5.03. The summed E-state index contributed by atoms with van der Waals surface area (Å²) >= 11 is 1.54. The fraction of sp³-hybridized carbons (Fsp3) is 0.667.